The van der Waals surface area contributed by atoms with Crippen LogP contribution in [0.3, 0.4) is 0 Å². The molecular formula is C25H21Cl2F2N3O2. The number of rotatable bonds is 6. The minimum Gasteiger partial charge on any atom is -0.373 e. The molecule has 2 aromatic carbocycles. The van der Waals surface area contributed by atoms with Crippen molar-refractivity contribution < 1.29 is 18.0 Å². The molecule has 0 radical (unpaired) electrons. The summed E-state index contributed by atoms with van der Waals surface area (Å²) >= 11 is 12.8. The lowest BCUT2D eigenvalue weighted by molar-refractivity contribution is 0.0246. The summed E-state index contributed by atoms with van der Waals surface area (Å²) in [4.78, 5) is 1.90. The average molecular weight is 504 g/mol. The van der Waals surface area contributed by atoms with Gasteiger partial charge in [-0.2, -0.15) is 5.26 Å². The van der Waals surface area contributed by atoms with Gasteiger partial charge in [0.25, 0.3) is 0 Å². The molecule has 0 amide bonds. The molecule has 34 heavy (non-hydrogen) atoms. The Kier molecular flexibility index (Phi) is 6.48. The third-order valence-electron chi connectivity index (χ3n) is 6.38. The molecule has 2 heterocycles. The smallest absolute Gasteiger partial charge is 0.146 e. The zero-order chi connectivity index (χ0) is 23.8. The largest absolute Gasteiger partial charge is 0.373 e. The molecule has 1 saturated heterocycles. The fourth-order valence-corrected chi connectivity index (χ4v) is 4.96. The first-order valence-electron chi connectivity index (χ1n) is 11.1. The molecule has 1 saturated carbocycles. The highest BCUT2D eigenvalue weighted by Gasteiger charge is 2.34. The highest BCUT2D eigenvalue weighted by atomic mass is 35.5. The Hall–Kier alpha value is -2.66. The zero-order valence-corrected chi connectivity index (χ0v) is 19.7. The predicted molar refractivity (Wildman–Crippen MR) is 125 cm³/mol. The minimum atomic E-state index is -0.846. The number of nitrogens with zero attached hydrogens (tertiary/aromatic N) is 3. The number of ether oxygens (including phenoxy) is 1. The van der Waals surface area contributed by atoms with Crippen LogP contribution in [-0.4, -0.2) is 24.4 Å². The van der Waals surface area contributed by atoms with E-state index in [1.54, 1.807) is 24.3 Å². The molecule has 5 nitrogen and oxygen atoms in total. The summed E-state index contributed by atoms with van der Waals surface area (Å²) in [5.74, 6) is -0.528. The number of hydrogen-bond acceptors (Lipinski definition) is 5. The molecule has 0 spiro atoms. The van der Waals surface area contributed by atoms with Gasteiger partial charge in [0.05, 0.1) is 22.8 Å². The molecule has 0 atom stereocenters. The van der Waals surface area contributed by atoms with Crippen molar-refractivity contribution in [2.75, 3.05) is 18.0 Å². The number of hydrogen-bond donors (Lipinski definition) is 0. The van der Waals surface area contributed by atoms with Crippen molar-refractivity contribution >= 4 is 28.9 Å². The molecule has 0 unspecified atom stereocenters. The first-order valence-corrected chi connectivity index (χ1v) is 11.9. The third kappa shape index (κ3) is 4.50. The van der Waals surface area contributed by atoms with E-state index in [0.717, 1.165) is 24.2 Å². The Bertz CT molecular complexity index is 1220. The lowest BCUT2D eigenvalue weighted by Crippen LogP contribution is -2.37. The number of halogens is 4. The lowest BCUT2D eigenvalue weighted by Gasteiger charge is -2.33. The summed E-state index contributed by atoms with van der Waals surface area (Å²) in [6.45, 7) is 1.48. The third-order valence-corrected chi connectivity index (χ3v) is 7.01. The maximum absolute atomic E-state index is 14.0. The van der Waals surface area contributed by atoms with Crippen LogP contribution in [-0.2, 0) is 11.3 Å². The molecule has 2 fully saturated rings. The Morgan fingerprint density at radius 3 is 2.32 bits per heavy atom. The summed E-state index contributed by atoms with van der Waals surface area (Å²) in [6, 6.07) is 9.29. The molecule has 1 aliphatic carbocycles. The van der Waals surface area contributed by atoms with Crippen molar-refractivity contribution in [3.05, 3.63) is 68.9 Å². The van der Waals surface area contributed by atoms with E-state index in [9.17, 15) is 8.78 Å². The molecule has 176 valence electrons. The Balaban J connectivity index is 1.28. The maximum Gasteiger partial charge on any atom is 0.146 e. The second-order valence-corrected chi connectivity index (χ2v) is 9.45. The Morgan fingerprint density at radius 2 is 1.74 bits per heavy atom. The van der Waals surface area contributed by atoms with Gasteiger partial charge in [0.2, 0.25) is 0 Å². The van der Waals surface area contributed by atoms with Crippen LogP contribution in [0, 0.1) is 23.0 Å². The lowest BCUT2D eigenvalue weighted by atomic mass is 10.0. The van der Waals surface area contributed by atoms with E-state index in [1.165, 1.54) is 12.1 Å². The number of benzene rings is 2. The van der Waals surface area contributed by atoms with Gasteiger partial charge in [0.15, 0.2) is 0 Å². The average Bonchev–Trinajstić information content (AvgIpc) is 3.58. The normalized spacial score (nSPS) is 16.6. The van der Waals surface area contributed by atoms with Gasteiger partial charge < -0.3 is 14.2 Å². The first-order chi connectivity index (χ1) is 16.5. The molecule has 1 aromatic heterocycles. The highest BCUT2D eigenvalue weighted by molar-refractivity contribution is 6.39. The molecule has 0 bridgehead atoms. The number of nitriles is 1. The zero-order valence-electron chi connectivity index (χ0n) is 18.2. The van der Waals surface area contributed by atoms with E-state index in [1.807, 2.05) is 4.90 Å². The van der Waals surface area contributed by atoms with E-state index in [-0.39, 0.29) is 6.10 Å². The number of aromatic nitrogens is 1. The Labute approximate surface area is 205 Å². The van der Waals surface area contributed by atoms with Gasteiger partial charge in [-0.05, 0) is 49.9 Å². The first kappa shape index (κ1) is 23.1. The van der Waals surface area contributed by atoms with Crippen LogP contribution in [0.4, 0.5) is 14.5 Å². The van der Waals surface area contributed by atoms with Gasteiger partial charge in [-0.25, -0.2) is 8.78 Å². The molecule has 5 rings (SSSR count). The van der Waals surface area contributed by atoms with Gasteiger partial charge in [-0.1, -0.05) is 34.4 Å². The van der Waals surface area contributed by atoms with Crippen molar-refractivity contribution in [3.63, 3.8) is 0 Å². The van der Waals surface area contributed by atoms with E-state index in [0.29, 0.717) is 65.4 Å². The van der Waals surface area contributed by atoms with Crippen LogP contribution >= 0.6 is 23.2 Å². The predicted octanol–water partition coefficient (Wildman–Crippen LogP) is 6.86. The van der Waals surface area contributed by atoms with Gasteiger partial charge in [-0.3, -0.25) is 0 Å². The summed E-state index contributed by atoms with van der Waals surface area (Å²) in [5, 5.41) is 14.2. The summed E-state index contributed by atoms with van der Waals surface area (Å²) in [6.07, 6.45) is 3.45. The van der Waals surface area contributed by atoms with Crippen molar-refractivity contribution in [2.24, 2.45) is 0 Å². The SMILES string of the molecule is N#Cc1c(F)cc(N2CCC(OCc3c(-c4c(Cl)cccc4Cl)noc3C3CC3)CC2)cc1F. The van der Waals surface area contributed by atoms with Crippen LogP contribution in [0.2, 0.25) is 10.0 Å². The second kappa shape index (κ2) is 9.53. The maximum atomic E-state index is 14.0. The van der Waals surface area contributed by atoms with Crippen LogP contribution in [0.25, 0.3) is 11.3 Å². The monoisotopic (exact) mass is 503 g/mol. The number of piperidine rings is 1. The van der Waals surface area contributed by atoms with Gasteiger partial charge >= 0.3 is 0 Å². The van der Waals surface area contributed by atoms with E-state index in [4.69, 9.17) is 37.7 Å². The van der Waals surface area contributed by atoms with E-state index < -0.39 is 17.2 Å². The van der Waals surface area contributed by atoms with Crippen molar-refractivity contribution in [3.8, 4) is 17.3 Å². The molecule has 0 N–H and O–H groups in total. The van der Waals surface area contributed by atoms with Gasteiger partial charge in [0, 0.05) is 35.8 Å². The van der Waals surface area contributed by atoms with Gasteiger partial charge in [0.1, 0.15) is 34.7 Å². The number of anilines is 1. The molecule has 2 aliphatic rings. The van der Waals surface area contributed by atoms with Crippen LogP contribution in [0.15, 0.2) is 34.9 Å². The molecular weight excluding hydrogens is 483 g/mol. The molecule has 9 heteroatoms. The minimum absolute atomic E-state index is 0.0270. The van der Waals surface area contributed by atoms with Crippen molar-refractivity contribution in [1.29, 1.82) is 5.26 Å². The fourth-order valence-electron chi connectivity index (χ4n) is 4.38. The quantitative estimate of drug-likeness (QED) is 0.367. The van der Waals surface area contributed by atoms with Crippen molar-refractivity contribution in [1.82, 2.24) is 5.16 Å². The topological polar surface area (TPSA) is 62.3 Å². The van der Waals surface area contributed by atoms with Crippen LogP contribution < -0.4 is 4.90 Å². The standard InChI is InChI=1S/C25H21Cl2F2N3O2/c26-19-2-1-3-20(27)23(19)24-18(25(34-31-24)14-4-5-14)13-33-16-6-8-32(9-7-16)15-10-21(28)17(12-30)22(29)11-15/h1-3,10-11,14,16H,4-9,13H2. The fraction of sp³-hybridized carbons (Fsp3) is 0.360. The van der Waals surface area contributed by atoms with Crippen LogP contribution in [0.5, 0.6) is 0 Å². The summed E-state index contributed by atoms with van der Waals surface area (Å²) < 4.78 is 40.0. The Morgan fingerprint density at radius 1 is 1.09 bits per heavy atom. The summed E-state index contributed by atoms with van der Waals surface area (Å²) in [7, 11) is 0. The van der Waals surface area contributed by atoms with E-state index >= 15 is 0 Å². The molecule has 3 aromatic rings. The van der Waals surface area contributed by atoms with Crippen LogP contribution in [0.1, 0.15) is 48.5 Å². The van der Waals surface area contributed by atoms with E-state index in [2.05, 4.69) is 5.16 Å². The highest BCUT2D eigenvalue weighted by Crippen LogP contribution is 2.46. The van der Waals surface area contributed by atoms with Crippen molar-refractivity contribution in [2.45, 2.75) is 44.3 Å². The summed E-state index contributed by atoms with van der Waals surface area (Å²) in [5.41, 5.74) is 1.99. The second-order valence-electron chi connectivity index (χ2n) is 8.64. The van der Waals surface area contributed by atoms with Gasteiger partial charge in [-0.15, -0.1) is 0 Å². The molecule has 1 aliphatic heterocycles.